The smallest absolute Gasteiger partial charge is 0.123 e. The minimum atomic E-state index is 0.0706. The molecular weight excluding hydrogens is 254 g/mol. The Morgan fingerprint density at radius 1 is 1.10 bits per heavy atom. The van der Waals surface area contributed by atoms with Crippen LogP contribution in [0.2, 0.25) is 0 Å². The third kappa shape index (κ3) is 4.39. The lowest BCUT2D eigenvalue weighted by atomic mass is 10.1. The Hall–Kier alpha value is -1.26. The summed E-state index contributed by atoms with van der Waals surface area (Å²) in [7, 11) is 5.26. The van der Waals surface area contributed by atoms with Crippen molar-refractivity contribution < 1.29 is 14.2 Å². The van der Waals surface area contributed by atoms with E-state index in [-0.39, 0.29) is 12.1 Å². The lowest BCUT2D eigenvalue weighted by molar-refractivity contribution is 0.0225. The van der Waals surface area contributed by atoms with Gasteiger partial charge >= 0.3 is 0 Å². The van der Waals surface area contributed by atoms with E-state index in [0.29, 0.717) is 12.5 Å². The van der Waals surface area contributed by atoms with Gasteiger partial charge in [-0.2, -0.15) is 0 Å². The first-order chi connectivity index (χ1) is 9.53. The summed E-state index contributed by atoms with van der Waals surface area (Å²) in [6, 6.07) is 5.88. The Balaban J connectivity index is 2.87. The number of benzene rings is 1. The third-order valence-electron chi connectivity index (χ3n) is 3.63. The van der Waals surface area contributed by atoms with Crippen LogP contribution in [0.4, 0.5) is 0 Å². The zero-order chi connectivity index (χ0) is 15.1. The number of rotatable bonds is 8. The van der Waals surface area contributed by atoms with Gasteiger partial charge in [0.2, 0.25) is 0 Å². The average Bonchev–Trinajstić information content (AvgIpc) is 2.47. The van der Waals surface area contributed by atoms with Crippen LogP contribution in [-0.2, 0) is 4.74 Å². The second kappa shape index (κ2) is 8.12. The Kier molecular flexibility index (Phi) is 6.82. The summed E-state index contributed by atoms with van der Waals surface area (Å²) in [5, 5.41) is 3.28. The largest absolute Gasteiger partial charge is 0.497 e. The van der Waals surface area contributed by atoms with Gasteiger partial charge in [-0.3, -0.25) is 0 Å². The van der Waals surface area contributed by atoms with Gasteiger partial charge in [0, 0.05) is 5.56 Å². The Bertz CT molecular complexity index is 407. The molecule has 0 aromatic heterocycles. The monoisotopic (exact) mass is 281 g/mol. The summed E-state index contributed by atoms with van der Waals surface area (Å²) >= 11 is 0. The fraction of sp³-hybridized carbons (Fsp3) is 0.625. The number of likely N-dealkylation sites (N-methyl/N-ethyl adjacent to an activating group) is 1. The molecule has 0 amide bonds. The molecule has 0 fully saturated rings. The van der Waals surface area contributed by atoms with E-state index in [0.717, 1.165) is 17.1 Å². The van der Waals surface area contributed by atoms with E-state index in [1.54, 1.807) is 14.2 Å². The molecular formula is C16H27NO3. The molecule has 0 aliphatic heterocycles. The van der Waals surface area contributed by atoms with Gasteiger partial charge in [-0.1, -0.05) is 13.8 Å². The zero-order valence-electron chi connectivity index (χ0n) is 13.4. The molecule has 20 heavy (non-hydrogen) atoms. The molecule has 0 spiro atoms. The second-order valence-corrected chi connectivity index (χ2v) is 5.23. The molecule has 0 radical (unpaired) electrons. The second-order valence-electron chi connectivity index (χ2n) is 5.23. The molecule has 1 rings (SSSR count). The van der Waals surface area contributed by atoms with Crippen molar-refractivity contribution in [1.29, 1.82) is 0 Å². The van der Waals surface area contributed by atoms with Crippen LogP contribution in [0.1, 0.15) is 32.4 Å². The van der Waals surface area contributed by atoms with Crippen molar-refractivity contribution >= 4 is 0 Å². The summed E-state index contributed by atoms with van der Waals surface area (Å²) < 4.78 is 16.6. The average molecular weight is 281 g/mol. The molecule has 4 heteroatoms. The lowest BCUT2D eigenvalue weighted by Gasteiger charge is -2.23. The van der Waals surface area contributed by atoms with Gasteiger partial charge in [0.1, 0.15) is 11.5 Å². The number of hydrogen-bond acceptors (Lipinski definition) is 4. The topological polar surface area (TPSA) is 39.7 Å². The highest BCUT2D eigenvalue weighted by atomic mass is 16.5. The van der Waals surface area contributed by atoms with Gasteiger partial charge in [0.15, 0.2) is 0 Å². The Labute approximate surface area is 122 Å². The van der Waals surface area contributed by atoms with Crippen LogP contribution in [0.5, 0.6) is 11.5 Å². The molecule has 0 saturated heterocycles. The molecule has 4 nitrogen and oxygen atoms in total. The molecule has 0 heterocycles. The molecule has 0 aliphatic rings. The quantitative estimate of drug-likeness (QED) is 0.795. The fourth-order valence-corrected chi connectivity index (χ4v) is 1.88. The van der Waals surface area contributed by atoms with E-state index < -0.39 is 0 Å². The van der Waals surface area contributed by atoms with Crippen molar-refractivity contribution in [3.8, 4) is 11.5 Å². The molecule has 2 unspecified atom stereocenters. The van der Waals surface area contributed by atoms with Crippen LogP contribution in [-0.4, -0.2) is 34.0 Å². The molecule has 0 aliphatic carbocycles. The molecule has 1 N–H and O–H groups in total. The highest BCUT2D eigenvalue weighted by Crippen LogP contribution is 2.29. The van der Waals surface area contributed by atoms with Gasteiger partial charge < -0.3 is 19.5 Å². The number of nitrogens with one attached hydrogen (secondary N) is 1. The normalized spacial score (nSPS) is 14.2. The van der Waals surface area contributed by atoms with Crippen LogP contribution >= 0.6 is 0 Å². The maximum atomic E-state index is 5.92. The molecule has 114 valence electrons. The summed E-state index contributed by atoms with van der Waals surface area (Å²) in [6.07, 6.45) is 0.224. The number of methoxy groups -OCH3 is 2. The van der Waals surface area contributed by atoms with Gasteiger partial charge in [-0.15, -0.1) is 0 Å². The molecule has 1 aromatic carbocycles. The predicted molar refractivity (Wildman–Crippen MR) is 81.6 cm³/mol. The van der Waals surface area contributed by atoms with Crippen LogP contribution in [0.25, 0.3) is 0 Å². The van der Waals surface area contributed by atoms with Crippen molar-refractivity contribution in [3.05, 3.63) is 23.8 Å². The first kappa shape index (κ1) is 16.8. The maximum absolute atomic E-state index is 5.92. The van der Waals surface area contributed by atoms with E-state index >= 15 is 0 Å². The standard InChI is InChI=1S/C16H27NO3/c1-11(2)12(3)20-10-15(17-4)14-9-13(18-5)7-8-16(14)19-6/h7-9,11-12,15,17H,10H2,1-6H3. The first-order valence-electron chi connectivity index (χ1n) is 7.04. The minimum absolute atomic E-state index is 0.0706. The van der Waals surface area contributed by atoms with E-state index in [4.69, 9.17) is 14.2 Å². The number of ether oxygens (including phenoxy) is 3. The molecule has 2 atom stereocenters. The third-order valence-corrected chi connectivity index (χ3v) is 3.63. The van der Waals surface area contributed by atoms with Crippen molar-refractivity contribution in [2.45, 2.75) is 32.9 Å². The van der Waals surface area contributed by atoms with E-state index in [1.165, 1.54) is 0 Å². The fourth-order valence-electron chi connectivity index (χ4n) is 1.88. The van der Waals surface area contributed by atoms with Crippen molar-refractivity contribution in [3.63, 3.8) is 0 Å². The van der Waals surface area contributed by atoms with E-state index in [1.807, 2.05) is 25.2 Å². The van der Waals surface area contributed by atoms with E-state index in [2.05, 4.69) is 26.1 Å². The van der Waals surface area contributed by atoms with Crippen LogP contribution < -0.4 is 14.8 Å². The Morgan fingerprint density at radius 2 is 1.80 bits per heavy atom. The summed E-state index contributed by atoms with van der Waals surface area (Å²) in [5.74, 6) is 2.16. The number of hydrogen-bond donors (Lipinski definition) is 1. The van der Waals surface area contributed by atoms with Crippen molar-refractivity contribution in [2.24, 2.45) is 5.92 Å². The van der Waals surface area contributed by atoms with Gasteiger partial charge in [0.05, 0.1) is 33.0 Å². The molecule has 0 saturated carbocycles. The lowest BCUT2D eigenvalue weighted by Crippen LogP contribution is -2.26. The van der Waals surface area contributed by atoms with Gasteiger partial charge in [0.25, 0.3) is 0 Å². The Morgan fingerprint density at radius 3 is 2.30 bits per heavy atom. The van der Waals surface area contributed by atoms with E-state index in [9.17, 15) is 0 Å². The zero-order valence-corrected chi connectivity index (χ0v) is 13.4. The van der Waals surface area contributed by atoms with Crippen LogP contribution in [0.3, 0.4) is 0 Å². The first-order valence-corrected chi connectivity index (χ1v) is 7.04. The predicted octanol–water partition coefficient (Wildman–Crippen LogP) is 3.03. The van der Waals surface area contributed by atoms with Gasteiger partial charge in [-0.05, 0) is 38.1 Å². The molecule has 1 aromatic rings. The molecule has 0 bridgehead atoms. The summed E-state index contributed by atoms with van der Waals surface area (Å²) in [5.41, 5.74) is 1.05. The van der Waals surface area contributed by atoms with Crippen molar-refractivity contribution in [2.75, 3.05) is 27.9 Å². The van der Waals surface area contributed by atoms with Crippen molar-refractivity contribution in [1.82, 2.24) is 5.32 Å². The van der Waals surface area contributed by atoms with Crippen LogP contribution in [0.15, 0.2) is 18.2 Å². The maximum Gasteiger partial charge on any atom is 0.123 e. The highest BCUT2D eigenvalue weighted by Gasteiger charge is 2.18. The summed E-state index contributed by atoms with van der Waals surface area (Å²) in [6.45, 7) is 7.01. The minimum Gasteiger partial charge on any atom is -0.497 e. The highest BCUT2D eigenvalue weighted by molar-refractivity contribution is 5.42. The van der Waals surface area contributed by atoms with Gasteiger partial charge in [-0.25, -0.2) is 0 Å². The summed E-state index contributed by atoms with van der Waals surface area (Å²) in [4.78, 5) is 0. The van der Waals surface area contributed by atoms with Crippen LogP contribution in [0, 0.1) is 5.92 Å². The SMILES string of the molecule is CNC(COC(C)C(C)C)c1cc(OC)ccc1OC.